The molecule has 1 atom stereocenters. The third kappa shape index (κ3) is 5.70. The molecule has 0 bridgehead atoms. The van der Waals surface area contributed by atoms with Crippen LogP contribution in [0.25, 0.3) is 0 Å². The Morgan fingerprint density at radius 3 is 2.27 bits per heavy atom. The summed E-state index contributed by atoms with van der Waals surface area (Å²) in [7, 11) is 0. The Morgan fingerprint density at radius 2 is 2.18 bits per heavy atom. The number of hydrogen-bond donors (Lipinski definition) is 0. The molecule has 0 radical (unpaired) electrons. The van der Waals surface area contributed by atoms with Crippen molar-refractivity contribution < 1.29 is 38.4 Å². The van der Waals surface area contributed by atoms with E-state index in [1.54, 1.807) is 0 Å². The summed E-state index contributed by atoms with van der Waals surface area (Å²) in [5, 5.41) is 19.5. The van der Waals surface area contributed by atoms with Gasteiger partial charge in [0.15, 0.2) is 0 Å². The first-order valence-corrected chi connectivity index (χ1v) is 2.59. The van der Waals surface area contributed by atoms with E-state index in [0.717, 1.165) is 0 Å². The molecule has 0 aliphatic carbocycles. The van der Waals surface area contributed by atoms with Gasteiger partial charge in [-0.2, -0.15) is 0 Å². The molecule has 1 unspecified atom stereocenters. The summed E-state index contributed by atoms with van der Waals surface area (Å²) in [6.45, 7) is 1.44. The van der Waals surface area contributed by atoms with Gasteiger partial charge in [-0.05, 0) is 0 Å². The average Bonchev–Trinajstić information content (AvgIpc) is 1.81. The van der Waals surface area contributed by atoms with Crippen LogP contribution in [0.5, 0.6) is 0 Å². The predicted molar refractivity (Wildman–Crippen MR) is 27.6 cm³/mol. The smallest absolute Gasteiger partial charge is 0.486 e. The van der Waals surface area contributed by atoms with Crippen molar-refractivity contribution in [1.82, 2.24) is 0 Å². The van der Waals surface area contributed by atoms with Gasteiger partial charge in [0.25, 0.3) is 6.16 Å². The zero-order valence-corrected chi connectivity index (χ0v) is 6.27. The second-order valence-corrected chi connectivity index (χ2v) is 1.52. The molecule has 11 heavy (non-hydrogen) atoms. The number of nitrogens with zero attached hydrogens (tertiary/aromatic N) is 1. The van der Waals surface area contributed by atoms with E-state index in [1.807, 2.05) is 0 Å². The minimum Gasteiger partial charge on any atom is -0.486 e. The maximum atomic E-state index is 9.86. The van der Waals surface area contributed by atoms with E-state index < -0.39 is 17.3 Å². The first-order valence-electron chi connectivity index (χ1n) is 2.59. The van der Waals surface area contributed by atoms with E-state index in [4.69, 9.17) is 0 Å². The van der Waals surface area contributed by atoms with E-state index in [1.165, 1.54) is 6.92 Å². The summed E-state index contributed by atoms with van der Waals surface area (Å²) < 4.78 is 3.77. The molecule has 0 aliphatic rings. The molecule has 7 heteroatoms. The molecule has 0 saturated carbocycles. The SMILES string of the molecule is CCC(OC(=O)[O-])[N+](=O)[O-].[Li+]. The largest absolute Gasteiger partial charge is 1.00 e. The molecule has 58 valence electrons. The second-order valence-electron chi connectivity index (χ2n) is 1.52. The van der Waals surface area contributed by atoms with Crippen LogP contribution in [-0.2, 0) is 4.74 Å². The van der Waals surface area contributed by atoms with Crippen molar-refractivity contribution in [2.75, 3.05) is 0 Å². The first kappa shape index (κ1) is 12.9. The molecule has 0 fully saturated rings. The summed E-state index contributed by atoms with van der Waals surface area (Å²) >= 11 is 0. The number of nitro groups is 1. The first-order chi connectivity index (χ1) is 4.57. The third-order valence-corrected chi connectivity index (χ3v) is 0.817. The minimum atomic E-state index is -1.87. The molecule has 6 nitrogen and oxygen atoms in total. The maximum Gasteiger partial charge on any atom is 1.00 e. The monoisotopic (exact) mass is 155 g/mol. The Balaban J connectivity index is 0. The number of ether oxygens (including phenoxy) is 1. The Labute approximate surface area is 74.9 Å². The Hall–Kier alpha value is -0.733. The van der Waals surface area contributed by atoms with Gasteiger partial charge < -0.3 is 14.6 Å². The molecular formula is C4H6LiNO5. The number of carbonyl (C=O) groups is 1. The standard InChI is InChI=1S/C4H7NO5.Li/c1-2-3(5(8)9)10-4(6)7;/h3H,2H2,1H3,(H,6,7);/q;+1/p-1. The predicted octanol–water partition coefficient (Wildman–Crippen LogP) is -3.64. The van der Waals surface area contributed by atoms with Crippen LogP contribution in [0.15, 0.2) is 0 Å². The molecule has 0 saturated heterocycles. The van der Waals surface area contributed by atoms with Gasteiger partial charge in [0.05, 0.1) is 0 Å². The van der Waals surface area contributed by atoms with Gasteiger partial charge in [-0.1, -0.05) is 6.92 Å². The van der Waals surface area contributed by atoms with Gasteiger partial charge in [-0.3, -0.25) is 10.1 Å². The van der Waals surface area contributed by atoms with Crippen LogP contribution < -0.4 is 24.0 Å². The van der Waals surface area contributed by atoms with Crippen LogP contribution in [0.4, 0.5) is 4.79 Å². The van der Waals surface area contributed by atoms with Crippen molar-refractivity contribution in [2.24, 2.45) is 0 Å². The number of carboxylic acid groups (broad SMARTS) is 1. The molecule has 0 amide bonds. The van der Waals surface area contributed by atoms with Gasteiger partial charge in [-0.15, -0.1) is 0 Å². The van der Waals surface area contributed by atoms with Crippen LogP contribution >= 0.6 is 0 Å². The molecule has 0 heterocycles. The van der Waals surface area contributed by atoms with Crippen molar-refractivity contribution in [2.45, 2.75) is 19.6 Å². The summed E-state index contributed by atoms with van der Waals surface area (Å²) in [4.78, 5) is 18.7. The van der Waals surface area contributed by atoms with Crippen molar-refractivity contribution in [3.63, 3.8) is 0 Å². The summed E-state index contributed by atoms with van der Waals surface area (Å²) in [5.41, 5.74) is 0. The van der Waals surface area contributed by atoms with Crippen molar-refractivity contribution in [3.05, 3.63) is 10.1 Å². The van der Waals surface area contributed by atoms with Gasteiger partial charge in [0.1, 0.15) is 0 Å². The number of carbonyl (C=O) groups excluding carboxylic acids is 1. The summed E-state index contributed by atoms with van der Waals surface area (Å²) in [6, 6.07) is 0. The Morgan fingerprint density at radius 1 is 1.73 bits per heavy atom. The summed E-state index contributed by atoms with van der Waals surface area (Å²) in [6.07, 6.45) is -3.37. The van der Waals surface area contributed by atoms with Gasteiger partial charge in [0.2, 0.25) is 0 Å². The zero-order valence-electron chi connectivity index (χ0n) is 6.27. The normalized spacial score (nSPS) is 11.0. The molecular weight excluding hydrogens is 149 g/mol. The van der Waals surface area contributed by atoms with E-state index in [0.29, 0.717) is 0 Å². The quantitative estimate of drug-likeness (QED) is 0.138. The molecule has 0 aromatic rings. The van der Waals surface area contributed by atoms with E-state index in [9.17, 15) is 20.0 Å². The van der Waals surface area contributed by atoms with Crippen molar-refractivity contribution in [3.8, 4) is 0 Å². The van der Waals surface area contributed by atoms with Gasteiger partial charge in [0, 0.05) is 11.3 Å². The zero-order chi connectivity index (χ0) is 8.15. The fourth-order valence-electron chi connectivity index (χ4n) is 0.387. The van der Waals surface area contributed by atoms with Crippen LogP contribution in [0.3, 0.4) is 0 Å². The number of rotatable bonds is 3. The van der Waals surface area contributed by atoms with Gasteiger partial charge in [-0.25, -0.2) is 0 Å². The fraction of sp³-hybridized carbons (Fsp3) is 0.750. The topological polar surface area (TPSA) is 92.5 Å². The minimum absolute atomic E-state index is 0. The van der Waals surface area contributed by atoms with Crippen molar-refractivity contribution >= 4 is 6.16 Å². The van der Waals surface area contributed by atoms with Crippen LogP contribution in [0.1, 0.15) is 13.3 Å². The Kier molecular flexibility index (Phi) is 7.05. The Bertz CT molecular complexity index is 149. The molecule has 0 aromatic heterocycles. The molecule has 0 aliphatic heterocycles. The molecule has 0 spiro atoms. The maximum absolute atomic E-state index is 9.86. The average molecular weight is 155 g/mol. The molecule has 0 N–H and O–H groups in total. The molecule has 0 rings (SSSR count). The van der Waals surface area contributed by atoms with E-state index in [-0.39, 0.29) is 25.3 Å². The van der Waals surface area contributed by atoms with Gasteiger partial charge >= 0.3 is 25.1 Å². The molecule has 0 aromatic carbocycles. The van der Waals surface area contributed by atoms with Crippen molar-refractivity contribution in [1.29, 1.82) is 0 Å². The summed E-state index contributed by atoms with van der Waals surface area (Å²) in [5.74, 6) is 0. The fourth-order valence-corrected chi connectivity index (χ4v) is 0.387. The van der Waals surface area contributed by atoms with Crippen LogP contribution in [0.2, 0.25) is 0 Å². The third-order valence-electron chi connectivity index (χ3n) is 0.817. The van der Waals surface area contributed by atoms with E-state index in [2.05, 4.69) is 4.74 Å². The second kappa shape index (κ2) is 6.01. The van der Waals surface area contributed by atoms with E-state index >= 15 is 0 Å². The number of hydrogen-bond acceptors (Lipinski definition) is 5. The van der Waals surface area contributed by atoms with Crippen LogP contribution in [0, 0.1) is 10.1 Å². The van der Waals surface area contributed by atoms with Crippen LogP contribution in [-0.4, -0.2) is 17.3 Å².